The Morgan fingerprint density at radius 2 is 1.00 bits per heavy atom. The van der Waals surface area contributed by atoms with Crippen molar-refractivity contribution in [3.05, 3.63) is 162 Å². The van der Waals surface area contributed by atoms with E-state index in [1.54, 1.807) is 0 Å². The fraction of sp³-hybridized carbons (Fsp3) is 0.130. The molecule has 1 aromatic heterocycles. The second-order valence-electron chi connectivity index (χ2n) is 14.6. The Kier molecular flexibility index (Phi) is 5.63. The van der Waals surface area contributed by atoms with Gasteiger partial charge in [0.15, 0.2) is 0 Å². The van der Waals surface area contributed by atoms with Crippen molar-refractivity contribution in [3.63, 3.8) is 0 Å². The van der Waals surface area contributed by atoms with Gasteiger partial charge in [-0.25, -0.2) is 0 Å². The first-order valence-corrected chi connectivity index (χ1v) is 17.8. The van der Waals surface area contributed by atoms with Gasteiger partial charge in [-0.1, -0.05) is 131 Å². The van der Waals surface area contributed by atoms with Crippen LogP contribution in [0.4, 0.5) is 17.1 Å². The van der Waals surface area contributed by atoms with Crippen LogP contribution in [0.5, 0.6) is 0 Å². The molecule has 230 valence electrons. The third-order valence-electron chi connectivity index (χ3n) is 11.3. The van der Waals surface area contributed by atoms with Crippen molar-refractivity contribution in [1.29, 1.82) is 0 Å². The summed E-state index contributed by atoms with van der Waals surface area (Å²) in [5.41, 5.74) is 14.4. The van der Waals surface area contributed by atoms with Gasteiger partial charge in [-0.15, -0.1) is 11.3 Å². The maximum Gasteiger partial charge on any atom is 0.0640 e. The summed E-state index contributed by atoms with van der Waals surface area (Å²) in [6.45, 7) is 9.50. The van der Waals surface area contributed by atoms with E-state index in [9.17, 15) is 0 Å². The molecule has 10 rings (SSSR count). The Bertz CT molecular complexity index is 2530. The maximum absolute atomic E-state index is 2.53. The molecule has 1 heterocycles. The van der Waals surface area contributed by atoms with Crippen LogP contribution in [0.2, 0.25) is 0 Å². The van der Waals surface area contributed by atoms with Crippen molar-refractivity contribution < 1.29 is 0 Å². The highest BCUT2D eigenvalue weighted by Crippen LogP contribution is 2.54. The molecule has 0 bridgehead atoms. The molecule has 2 aliphatic rings. The highest BCUT2D eigenvalue weighted by molar-refractivity contribution is 7.26. The summed E-state index contributed by atoms with van der Waals surface area (Å²) in [6, 6.07) is 52.4. The molecule has 0 aliphatic heterocycles. The van der Waals surface area contributed by atoms with Gasteiger partial charge in [0.1, 0.15) is 0 Å². The number of hydrogen-bond acceptors (Lipinski definition) is 2. The summed E-state index contributed by atoms with van der Waals surface area (Å²) in [7, 11) is 0. The lowest BCUT2D eigenvalue weighted by molar-refractivity contribution is 0.660. The van der Waals surface area contributed by atoms with Crippen molar-refractivity contribution in [1.82, 2.24) is 0 Å². The summed E-state index contributed by atoms with van der Waals surface area (Å²) >= 11 is 1.91. The first-order chi connectivity index (χ1) is 23.3. The van der Waals surface area contributed by atoms with Crippen LogP contribution in [0.15, 0.2) is 140 Å². The summed E-state index contributed by atoms with van der Waals surface area (Å²) in [5, 5.41) is 5.27. The average Bonchev–Trinajstić information content (AvgIpc) is 3.69. The smallest absolute Gasteiger partial charge is 0.0640 e. The number of thiophene rings is 1. The topological polar surface area (TPSA) is 3.24 Å². The minimum Gasteiger partial charge on any atom is -0.309 e. The number of anilines is 3. The van der Waals surface area contributed by atoms with Crippen LogP contribution in [0.1, 0.15) is 49.9 Å². The molecule has 2 aliphatic carbocycles. The Morgan fingerprint density at radius 3 is 1.65 bits per heavy atom. The number of nitrogens with zero attached hydrogens (tertiary/aromatic N) is 1. The van der Waals surface area contributed by atoms with E-state index in [0.29, 0.717) is 0 Å². The third kappa shape index (κ3) is 3.67. The highest BCUT2D eigenvalue weighted by Gasteiger charge is 2.38. The fourth-order valence-corrected chi connectivity index (χ4v) is 10.0. The standard InChI is InChI=1S/C46H35NS/c1-45(2)37-17-9-7-14-32(37)34-23-21-29(26-39(34)45)47(30-22-24-35-33-15-8-10-18-38(33)46(3,4)40(35)27-30)41-19-11-16-36-43-31-13-6-5-12-28(31)20-25-42(43)48-44(36)41/h5-27H,1-4H3. The zero-order chi connectivity index (χ0) is 32.4. The first-order valence-electron chi connectivity index (χ1n) is 16.9. The molecule has 8 aromatic rings. The lowest BCUT2D eigenvalue weighted by atomic mass is 9.82. The van der Waals surface area contributed by atoms with E-state index < -0.39 is 0 Å². The predicted octanol–water partition coefficient (Wildman–Crippen LogP) is 13.3. The molecule has 0 saturated heterocycles. The zero-order valence-corrected chi connectivity index (χ0v) is 28.5. The SMILES string of the molecule is CC1(C)c2ccccc2-c2ccc(N(c3ccc4c(c3)C(C)(C)c3ccccc3-4)c3cccc4c3sc3ccc5ccccc5c34)cc21. The van der Waals surface area contributed by atoms with Gasteiger partial charge in [-0.2, -0.15) is 0 Å². The van der Waals surface area contributed by atoms with Crippen LogP contribution in [-0.4, -0.2) is 0 Å². The van der Waals surface area contributed by atoms with Crippen molar-refractivity contribution in [2.45, 2.75) is 38.5 Å². The molecule has 0 unspecified atom stereocenters. The lowest BCUT2D eigenvalue weighted by Crippen LogP contribution is -2.18. The number of rotatable bonds is 3. The van der Waals surface area contributed by atoms with Gasteiger partial charge in [-0.05, 0) is 91.7 Å². The monoisotopic (exact) mass is 633 g/mol. The zero-order valence-electron chi connectivity index (χ0n) is 27.6. The van der Waals surface area contributed by atoms with Gasteiger partial charge in [-0.3, -0.25) is 0 Å². The fourth-order valence-electron chi connectivity index (χ4n) is 8.82. The van der Waals surface area contributed by atoms with E-state index in [2.05, 4.69) is 172 Å². The van der Waals surface area contributed by atoms with E-state index in [4.69, 9.17) is 0 Å². The van der Waals surface area contributed by atoms with Crippen molar-refractivity contribution in [2.24, 2.45) is 0 Å². The highest BCUT2D eigenvalue weighted by atomic mass is 32.1. The van der Waals surface area contributed by atoms with Crippen LogP contribution >= 0.6 is 11.3 Å². The van der Waals surface area contributed by atoms with Gasteiger partial charge < -0.3 is 4.90 Å². The molecule has 0 atom stereocenters. The van der Waals surface area contributed by atoms with E-state index in [0.717, 1.165) is 0 Å². The second-order valence-corrected chi connectivity index (χ2v) is 15.6. The molecule has 1 nitrogen and oxygen atoms in total. The Balaban J connectivity index is 1.25. The predicted molar refractivity (Wildman–Crippen MR) is 207 cm³/mol. The van der Waals surface area contributed by atoms with E-state index in [1.165, 1.54) is 92.5 Å². The second kappa shape index (κ2) is 9.69. The number of fused-ring (bicyclic) bond motifs is 11. The van der Waals surface area contributed by atoms with Gasteiger partial charge in [0, 0.05) is 37.7 Å². The molecular formula is C46H35NS. The van der Waals surface area contributed by atoms with Gasteiger partial charge in [0.2, 0.25) is 0 Å². The number of benzene rings is 7. The van der Waals surface area contributed by atoms with Crippen LogP contribution in [0.25, 0.3) is 53.2 Å². The minimum absolute atomic E-state index is 0.0856. The summed E-state index contributed by atoms with van der Waals surface area (Å²) < 4.78 is 2.64. The average molecular weight is 634 g/mol. The molecule has 0 saturated carbocycles. The normalized spacial score (nSPS) is 15.0. The van der Waals surface area contributed by atoms with Crippen molar-refractivity contribution in [3.8, 4) is 22.3 Å². The van der Waals surface area contributed by atoms with Crippen LogP contribution in [0, 0.1) is 0 Å². The minimum atomic E-state index is -0.0856. The van der Waals surface area contributed by atoms with Gasteiger partial charge in [0.25, 0.3) is 0 Å². The summed E-state index contributed by atoms with van der Waals surface area (Å²) in [4.78, 5) is 2.53. The molecule has 7 aromatic carbocycles. The molecular weight excluding hydrogens is 599 g/mol. The Labute approximate surface area is 285 Å². The van der Waals surface area contributed by atoms with E-state index >= 15 is 0 Å². The van der Waals surface area contributed by atoms with Crippen molar-refractivity contribution >= 4 is 59.3 Å². The summed E-state index contributed by atoms with van der Waals surface area (Å²) in [5.74, 6) is 0. The maximum atomic E-state index is 2.53. The van der Waals surface area contributed by atoms with E-state index in [-0.39, 0.29) is 10.8 Å². The molecule has 0 amide bonds. The lowest BCUT2D eigenvalue weighted by Gasteiger charge is -2.30. The number of hydrogen-bond donors (Lipinski definition) is 0. The van der Waals surface area contributed by atoms with Crippen LogP contribution in [0.3, 0.4) is 0 Å². The largest absolute Gasteiger partial charge is 0.309 e. The molecule has 0 fully saturated rings. The van der Waals surface area contributed by atoms with Gasteiger partial charge >= 0.3 is 0 Å². The molecule has 48 heavy (non-hydrogen) atoms. The van der Waals surface area contributed by atoms with Crippen molar-refractivity contribution in [2.75, 3.05) is 4.90 Å². The quantitative estimate of drug-likeness (QED) is 0.187. The van der Waals surface area contributed by atoms with Gasteiger partial charge in [0.05, 0.1) is 10.4 Å². The molecule has 2 heteroatoms. The molecule has 0 spiro atoms. The first kappa shape index (κ1) is 27.9. The Hall–Kier alpha value is -5.18. The van der Waals surface area contributed by atoms with Crippen LogP contribution in [-0.2, 0) is 10.8 Å². The molecule has 0 N–H and O–H groups in total. The molecule has 0 radical (unpaired) electrons. The summed E-state index contributed by atoms with van der Waals surface area (Å²) in [6.07, 6.45) is 0. The van der Waals surface area contributed by atoms with E-state index in [1.807, 2.05) is 11.3 Å². The Morgan fingerprint density at radius 1 is 0.458 bits per heavy atom. The van der Waals surface area contributed by atoms with Crippen LogP contribution < -0.4 is 4.90 Å². The third-order valence-corrected chi connectivity index (χ3v) is 12.5.